The summed E-state index contributed by atoms with van der Waals surface area (Å²) in [5, 5.41) is 0. The molecule has 2 rings (SSSR count). The van der Waals surface area contributed by atoms with Crippen LogP contribution in [-0.2, 0) is 29.9 Å². The van der Waals surface area contributed by atoms with E-state index in [2.05, 4.69) is 4.98 Å². The maximum absolute atomic E-state index is 12.3. The van der Waals surface area contributed by atoms with Crippen molar-refractivity contribution in [3.05, 3.63) is 27.2 Å². The van der Waals surface area contributed by atoms with E-state index in [4.69, 9.17) is 10.5 Å². The first kappa shape index (κ1) is 16.0. The van der Waals surface area contributed by atoms with E-state index < -0.39 is 17.2 Å². The predicted molar refractivity (Wildman–Crippen MR) is 79.2 cm³/mol. The molecule has 0 saturated heterocycles. The summed E-state index contributed by atoms with van der Waals surface area (Å²) in [6.07, 6.45) is 1.37. The predicted octanol–water partition coefficient (Wildman–Crippen LogP) is -0.988. The van der Waals surface area contributed by atoms with Crippen molar-refractivity contribution in [3.8, 4) is 0 Å². The second kappa shape index (κ2) is 6.14. The minimum absolute atomic E-state index is 0.179. The number of esters is 1. The van der Waals surface area contributed by atoms with Crippen LogP contribution in [0.1, 0.15) is 13.8 Å². The third-order valence-corrected chi connectivity index (χ3v) is 3.18. The zero-order valence-corrected chi connectivity index (χ0v) is 12.8. The van der Waals surface area contributed by atoms with E-state index in [0.29, 0.717) is 6.54 Å². The third kappa shape index (κ3) is 2.80. The van der Waals surface area contributed by atoms with E-state index in [1.165, 1.54) is 22.5 Å². The number of nitrogens with two attached hydrogens (primary N) is 1. The quantitative estimate of drug-likeness (QED) is 0.709. The maximum atomic E-state index is 12.3. The minimum atomic E-state index is -0.589. The van der Waals surface area contributed by atoms with Crippen LogP contribution in [-0.4, -0.2) is 31.2 Å². The Kier molecular flexibility index (Phi) is 4.45. The Labute approximate surface area is 125 Å². The largest absolute Gasteiger partial charge is 0.443 e. The van der Waals surface area contributed by atoms with Crippen LogP contribution in [0.5, 0.6) is 0 Å². The van der Waals surface area contributed by atoms with Crippen LogP contribution in [0.15, 0.2) is 15.9 Å². The lowest BCUT2D eigenvalue weighted by Gasteiger charge is -2.12. The molecule has 120 valence electrons. The molecule has 2 aromatic heterocycles. The molecule has 2 N–H and O–H groups in total. The lowest BCUT2D eigenvalue weighted by atomic mass is 10.2. The van der Waals surface area contributed by atoms with Crippen LogP contribution >= 0.6 is 0 Å². The van der Waals surface area contributed by atoms with E-state index in [1.54, 1.807) is 0 Å². The molecule has 2 heterocycles. The number of carbonyl (C=O) groups excluding carboxylic acids is 1. The van der Waals surface area contributed by atoms with Crippen molar-refractivity contribution >= 4 is 17.1 Å². The van der Waals surface area contributed by atoms with E-state index in [0.717, 1.165) is 4.57 Å². The highest BCUT2D eigenvalue weighted by molar-refractivity contribution is 5.72. The summed E-state index contributed by atoms with van der Waals surface area (Å²) < 4.78 is 8.77. The fourth-order valence-corrected chi connectivity index (χ4v) is 2.13. The van der Waals surface area contributed by atoms with Crippen molar-refractivity contribution in [2.24, 2.45) is 18.7 Å². The van der Waals surface area contributed by atoms with E-state index in [9.17, 15) is 14.4 Å². The standard InChI is InChI=1S/C13H19N5O4/c1-8(2)5-18-11-10(12(20)16(3)13(18)21)17(6-15-11)7-22-9(19)4-14/h6,8H,4-5,7,14H2,1-3H3. The molecule has 0 aliphatic heterocycles. The number of carbonyl (C=O) groups is 1. The average Bonchev–Trinajstić information content (AvgIpc) is 2.90. The zero-order chi connectivity index (χ0) is 16.4. The molecular formula is C13H19N5O4. The normalized spacial score (nSPS) is 11.3. The molecule has 9 heteroatoms. The molecular weight excluding hydrogens is 290 g/mol. The van der Waals surface area contributed by atoms with Crippen molar-refractivity contribution in [1.82, 2.24) is 18.7 Å². The number of aromatic nitrogens is 4. The molecule has 0 aliphatic rings. The second-order valence-corrected chi connectivity index (χ2v) is 5.39. The number of fused-ring (bicyclic) bond motifs is 1. The van der Waals surface area contributed by atoms with Crippen LogP contribution in [0, 0.1) is 5.92 Å². The van der Waals surface area contributed by atoms with Gasteiger partial charge in [0, 0.05) is 13.6 Å². The summed E-state index contributed by atoms with van der Waals surface area (Å²) in [6, 6.07) is 0. The first-order valence-electron chi connectivity index (χ1n) is 6.87. The van der Waals surface area contributed by atoms with Crippen LogP contribution in [0.4, 0.5) is 0 Å². The first-order chi connectivity index (χ1) is 10.4. The fourth-order valence-electron chi connectivity index (χ4n) is 2.13. The SMILES string of the molecule is CC(C)Cn1c(=O)n(C)c(=O)c2c1ncn2COC(=O)CN. The molecule has 0 bridgehead atoms. The molecule has 0 unspecified atom stereocenters. The Morgan fingerprint density at radius 2 is 2.09 bits per heavy atom. The van der Waals surface area contributed by atoms with Gasteiger partial charge >= 0.3 is 11.7 Å². The number of rotatable bonds is 5. The highest BCUT2D eigenvalue weighted by Crippen LogP contribution is 2.08. The summed E-state index contributed by atoms with van der Waals surface area (Å²) >= 11 is 0. The second-order valence-electron chi connectivity index (χ2n) is 5.39. The van der Waals surface area contributed by atoms with Crippen molar-refractivity contribution in [1.29, 1.82) is 0 Å². The molecule has 0 fully saturated rings. The molecule has 22 heavy (non-hydrogen) atoms. The van der Waals surface area contributed by atoms with Gasteiger partial charge in [-0.1, -0.05) is 13.8 Å². The average molecular weight is 309 g/mol. The number of nitrogens with zero attached hydrogens (tertiary/aromatic N) is 4. The van der Waals surface area contributed by atoms with Crippen molar-refractivity contribution in [2.75, 3.05) is 6.54 Å². The topological polar surface area (TPSA) is 114 Å². The van der Waals surface area contributed by atoms with Gasteiger partial charge in [-0.25, -0.2) is 9.78 Å². The molecule has 0 aromatic carbocycles. The molecule has 2 aromatic rings. The summed E-state index contributed by atoms with van der Waals surface area (Å²) in [4.78, 5) is 39.8. The molecule has 0 amide bonds. The Hall–Kier alpha value is -2.42. The minimum Gasteiger partial charge on any atom is -0.443 e. The van der Waals surface area contributed by atoms with Gasteiger partial charge in [0.15, 0.2) is 17.9 Å². The summed E-state index contributed by atoms with van der Waals surface area (Å²) in [7, 11) is 1.41. The summed E-state index contributed by atoms with van der Waals surface area (Å²) in [5.74, 6) is -0.382. The highest BCUT2D eigenvalue weighted by Gasteiger charge is 2.17. The van der Waals surface area contributed by atoms with Gasteiger partial charge in [0.25, 0.3) is 5.56 Å². The van der Waals surface area contributed by atoms with Crippen LogP contribution in [0.2, 0.25) is 0 Å². The maximum Gasteiger partial charge on any atom is 0.332 e. The highest BCUT2D eigenvalue weighted by atomic mass is 16.5. The smallest absolute Gasteiger partial charge is 0.332 e. The van der Waals surface area contributed by atoms with Crippen molar-refractivity contribution in [2.45, 2.75) is 27.1 Å². The number of ether oxygens (including phenoxy) is 1. The van der Waals surface area contributed by atoms with Gasteiger partial charge in [-0.3, -0.25) is 23.3 Å². The van der Waals surface area contributed by atoms with Crippen LogP contribution in [0.3, 0.4) is 0 Å². The van der Waals surface area contributed by atoms with Crippen LogP contribution in [0.25, 0.3) is 11.2 Å². The molecule has 0 saturated carbocycles. The van der Waals surface area contributed by atoms with Gasteiger partial charge < -0.3 is 10.5 Å². The molecule has 0 radical (unpaired) electrons. The molecule has 0 aliphatic carbocycles. The van der Waals surface area contributed by atoms with Gasteiger partial charge in [-0.15, -0.1) is 0 Å². The molecule has 9 nitrogen and oxygen atoms in total. The lowest BCUT2D eigenvalue weighted by Crippen LogP contribution is -2.39. The van der Waals surface area contributed by atoms with E-state index in [1.807, 2.05) is 13.8 Å². The Morgan fingerprint density at radius 1 is 1.41 bits per heavy atom. The van der Waals surface area contributed by atoms with Gasteiger partial charge in [0.1, 0.15) is 6.33 Å². The van der Waals surface area contributed by atoms with Crippen molar-refractivity contribution in [3.63, 3.8) is 0 Å². The first-order valence-corrected chi connectivity index (χ1v) is 6.87. The third-order valence-electron chi connectivity index (χ3n) is 3.18. The number of imidazole rings is 1. The van der Waals surface area contributed by atoms with E-state index in [-0.39, 0.29) is 30.4 Å². The van der Waals surface area contributed by atoms with Crippen molar-refractivity contribution < 1.29 is 9.53 Å². The zero-order valence-electron chi connectivity index (χ0n) is 12.8. The monoisotopic (exact) mass is 309 g/mol. The number of hydrogen-bond donors (Lipinski definition) is 1. The van der Waals surface area contributed by atoms with Gasteiger partial charge in [0.05, 0.1) is 6.54 Å². The molecule has 0 atom stereocenters. The van der Waals surface area contributed by atoms with Gasteiger partial charge in [-0.2, -0.15) is 0 Å². The lowest BCUT2D eigenvalue weighted by molar-refractivity contribution is -0.145. The Morgan fingerprint density at radius 3 is 2.68 bits per heavy atom. The van der Waals surface area contributed by atoms with E-state index >= 15 is 0 Å². The summed E-state index contributed by atoms with van der Waals surface area (Å²) in [5.41, 5.74) is 4.76. The van der Waals surface area contributed by atoms with Gasteiger partial charge in [0.2, 0.25) is 0 Å². The van der Waals surface area contributed by atoms with Crippen LogP contribution < -0.4 is 17.0 Å². The Bertz CT molecular complexity index is 814. The Balaban J connectivity index is 2.59. The van der Waals surface area contributed by atoms with Gasteiger partial charge in [-0.05, 0) is 5.92 Å². The summed E-state index contributed by atoms with van der Waals surface area (Å²) in [6.45, 7) is 3.93. The fraction of sp³-hybridized carbons (Fsp3) is 0.538. The molecule has 0 spiro atoms. The number of hydrogen-bond acceptors (Lipinski definition) is 6.